The molecule has 0 aliphatic heterocycles. The van der Waals surface area contributed by atoms with Crippen LogP contribution in [0.3, 0.4) is 0 Å². The minimum atomic E-state index is -3.73. The summed E-state index contributed by atoms with van der Waals surface area (Å²) in [6, 6.07) is 3.76. The van der Waals surface area contributed by atoms with Gasteiger partial charge < -0.3 is 31.2 Å². The Labute approximate surface area is 189 Å². The van der Waals surface area contributed by atoms with Crippen LogP contribution in [0.5, 0.6) is 17.2 Å². The number of unbranched alkanes of at least 4 members (excludes halogenated alkanes) is 3. The standard InChI is InChI=1S/C18H31O6P.3CH5N/c1-6-9-10-11-12-15-13-16(20-4)18(17(14-15)21-5)24-25(19,22-7-2)23-8-3;3*1-2/h13-14H,6-12H2,1-5H3;3*2H2,1H3. The van der Waals surface area contributed by atoms with E-state index < -0.39 is 7.82 Å². The number of hydrogen-bond acceptors (Lipinski definition) is 9. The molecule has 0 atom stereocenters. The van der Waals surface area contributed by atoms with Crippen molar-refractivity contribution in [1.29, 1.82) is 0 Å². The average molecular weight is 468 g/mol. The van der Waals surface area contributed by atoms with Gasteiger partial charge in [0.25, 0.3) is 0 Å². The molecule has 0 aromatic heterocycles. The largest absolute Gasteiger partial charge is 0.530 e. The van der Waals surface area contributed by atoms with Crippen molar-refractivity contribution in [2.75, 3.05) is 48.6 Å². The third-order valence-corrected chi connectivity index (χ3v) is 5.17. The molecule has 0 fully saturated rings. The minimum Gasteiger partial charge on any atom is -0.493 e. The molecular weight excluding hydrogens is 421 g/mol. The van der Waals surface area contributed by atoms with Crippen molar-refractivity contribution in [3.8, 4) is 17.2 Å². The van der Waals surface area contributed by atoms with Crippen LogP contribution >= 0.6 is 7.82 Å². The van der Waals surface area contributed by atoms with E-state index >= 15 is 0 Å². The van der Waals surface area contributed by atoms with Gasteiger partial charge in [-0.1, -0.05) is 26.2 Å². The van der Waals surface area contributed by atoms with Crippen molar-refractivity contribution in [2.45, 2.75) is 52.9 Å². The maximum absolute atomic E-state index is 12.7. The first-order chi connectivity index (χ1) is 15.0. The van der Waals surface area contributed by atoms with Crippen molar-refractivity contribution in [2.24, 2.45) is 17.2 Å². The summed E-state index contributed by atoms with van der Waals surface area (Å²) in [5, 5.41) is 0. The van der Waals surface area contributed by atoms with Crippen molar-refractivity contribution < 1.29 is 27.6 Å². The maximum Gasteiger partial charge on any atom is 0.530 e. The van der Waals surface area contributed by atoms with Crippen molar-refractivity contribution >= 4 is 7.82 Å². The highest BCUT2D eigenvalue weighted by Gasteiger charge is 2.31. The van der Waals surface area contributed by atoms with Gasteiger partial charge in [0.1, 0.15) is 0 Å². The topological polar surface area (TPSA) is 141 Å². The Bertz CT molecular complexity index is 541. The SMILES string of the molecule is CCCCCCc1cc(OC)c(OP(=O)(OCC)OCC)c(OC)c1.CN.CN.CN. The molecule has 1 rings (SSSR count). The molecule has 0 unspecified atom stereocenters. The molecule has 10 heteroatoms. The number of hydrogen-bond donors (Lipinski definition) is 3. The van der Waals surface area contributed by atoms with E-state index in [1.807, 2.05) is 12.1 Å². The Kier molecular flexibility index (Phi) is 25.8. The van der Waals surface area contributed by atoms with Gasteiger partial charge in [0.2, 0.25) is 5.75 Å². The van der Waals surface area contributed by atoms with E-state index in [-0.39, 0.29) is 19.0 Å². The molecule has 0 amide bonds. The lowest BCUT2D eigenvalue weighted by molar-refractivity contribution is 0.164. The zero-order chi connectivity index (χ0) is 24.7. The van der Waals surface area contributed by atoms with Crippen LogP contribution in [0.1, 0.15) is 52.0 Å². The molecule has 0 saturated carbocycles. The molecule has 0 aliphatic rings. The number of aryl methyl sites for hydroxylation is 1. The summed E-state index contributed by atoms with van der Waals surface area (Å²) in [4.78, 5) is 0. The Morgan fingerprint density at radius 1 is 0.774 bits per heavy atom. The van der Waals surface area contributed by atoms with E-state index in [2.05, 4.69) is 24.1 Å². The molecule has 0 saturated heterocycles. The maximum atomic E-state index is 12.7. The van der Waals surface area contributed by atoms with Crippen LogP contribution in [0, 0.1) is 0 Å². The van der Waals surface area contributed by atoms with E-state index in [0.717, 1.165) is 18.4 Å². The number of phosphoric acid groups is 1. The summed E-state index contributed by atoms with van der Waals surface area (Å²) in [5.41, 5.74) is 14.6. The van der Waals surface area contributed by atoms with Gasteiger partial charge in [0.05, 0.1) is 27.4 Å². The van der Waals surface area contributed by atoms with Gasteiger partial charge in [0.15, 0.2) is 11.5 Å². The smallest absolute Gasteiger partial charge is 0.493 e. The normalized spacial score (nSPS) is 9.77. The Morgan fingerprint density at radius 2 is 1.23 bits per heavy atom. The predicted octanol–water partition coefficient (Wildman–Crippen LogP) is 4.11. The number of nitrogens with two attached hydrogens (primary N) is 3. The second-order valence-corrected chi connectivity index (χ2v) is 7.11. The zero-order valence-electron chi connectivity index (χ0n) is 20.7. The van der Waals surface area contributed by atoms with Crippen LogP contribution in [-0.4, -0.2) is 48.6 Å². The number of benzene rings is 1. The fourth-order valence-corrected chi connectivity index (χ4v) is 3.66. The summed E-state index contributed by atoms with van der Waals surface area (Å²) in [6.45, 7) is 6.05. The van der Waals surface area contributed by atoms with Gasteiger partial charge in [0, 0.05) is 0 Å². The molecule has 0 bridgehead atoms. The molecule has 9 nitrogen and oxygen atoms in total. The van der Waals surface area contributed by atoms with Gasteiger partial charge in [-0.15, -0.1) is 0 Å². The van der Waals surface area contributed by atoms with Gasteiger partial charge >= 0.3 is 7.82 Å². The third kappa shape index (κ3) is 14.4. The lowest BCUT2D eigenvalue weighted by atomic mass is 10.1. The van der Waals surface area contributed by atoms with E-state index in [4.69, 9.17) is 23.0 Å². The van der Waals surface area contributed by atoms with E-state index in [1.165, 1.54) is 54.6 Å². The first kappa shape index (κ1) is 34.3. The number of methoxy groups -OCH3 is 2. The second-order valence-electron chi connectivity index (χ2n) is 5.51. The Morgan fingerprint density at radius 3 is 1.58 bits per heavy atom. The fourth-order valence-electron chi connectivity index (χ4n) is 2.44. The quantitative estimate of drug-likeness (QED) is 0.288. The van der Waals surface area contributed by atoms with Gasteiger partial charge in [-0.25, -0.2) is 4.57 Å². The second kappa shape index (κ2) is 23.3. The highest BCUT2D eigenvalue weighted by atomic mass is 31.2. The molecule has 31 heavy (non-hydrogen) atoms. The van der Waals surface area contributed by atoms with Gasteiger partial charge in [-0.2, -0.15) is 0 Å². The van der Waals surface area contributed by atoms with E-state index in [0.29, 0.717) is 11.5 Å². The number of phosphoric ester groups is 1. The van der Waals surface area contributed by atoms with Crippen LogP contribution in [0.4, 0.5) is 0 Å². The third-order valence-electron chi connectivity index (χ3n) is 3.62. The fraction of sp³-hybridized carbons (Fsp3) is 0.714. The van der Waals surface area contributed by atoms with Crippen LogP contribution in [0.15, 0.2) is 12.1 Å². The molecule has 6 N–H and O–H groups in total. The monoisotopic (exact) mass is 467 g/mol. The van der Waals surface area contributed by atoms with Crippen LogP contribution in [0.25, 0.3) is 0 Å². The lowest BCUT2D eigenvalue weighted by Crippen LogP contribution is -2.05. The van der Waals surface area contributed by atoms with E-state index in [9.17, 15) is 4.57 Å². The van der Waals surface area contributed by atoms with Crippen molar-refractivity contribution in [1.82, 2.24) is 0 Å². The molecule has 1 aromatic carbocycles. The highest BCUT2D eigenvalue weighted by molar-refractivity contribution is 7.48. The molecule has 0 radical (unpaired) electrons. The highest BCUT2D eigenvalue weighted by Crippen LogP contribution is 2.54. The minimum absolute atomic E-state index is 0.206. The molecule has 186 valence electrons. The molecule has 0 heterocycles. The Hall–Kier alpha value is -1.35. The summed E-state index contributed by atoms with van der Waals surface area (Å²) in [5.74, 6) is 1.13. The molecule has 0 spiro atoms. The van der Waals surface area contributed by atoms with Crippen LogP contribution < -0.4 is 31.2 Å². The van der Waals surface area contributed by atoms with Crippen LogP contribution in [0.2, 0.25) is 0 Å². The van der Waals surface area contributed by atoms with Crippen molar-refractivity contribution in [3.05, 3.63) is 17.7 Å². The zero-order valence-corrected chi connectivity index (χ0v) is 21.6. The number of rotatable bonds is 13. The summed E-state index contributed by atoms with van der Waals surface area (Å²) in [7, 11) is 3.85. The molecular formula is C21H46N3O6P. The first-order valence-corrected chi connectivity index (χ1v) is 12.1. The lowest BCUT2D eigenvalue weighted by Gasteiger charge is -2.21. The Balaban J connectivity index is -0.00000120. The first-order valence-electron chi connectivity index (χ1n) is 10.6. The summed E-state index contributed by atoms with van der Waals surface area (Å²) >= 11 is 0. The summed E-state index contributed by atoms with van der Waals surface area (Å²) in [6.07, 6.45) is 5.62. The number of ether oxygens (including phenoxy) is 2. The predicted molar refractivity (Wildman–Crippen MR) is 129 cm³/mol. The van der Waals surface area contributed by atoms with Gasteiger partial charge in [-0.05, 0) is 65.5 Å². The molecule has 0 aliphatic carbocycles. The van der Waals surface area contributed by atoms with E-state index in [1.54, 1.807) is 13.8 Å². The summed E-state index contributed by atoms with van der Waals surface area (Å²) < 4.78 is 39.5. The van der Waals surface area contributed by atoms with Crippen LogP contribution in [-0.2, 0) is 20.0 Å². The average Bonchev–Trinajstić information content (AvgIpc) is 2.81. The van der Waals surface area contributed by atoms with Gasteiger partial charge in [-0.3, -0.25) is 9.05 Å². The van der Waals surface area contributed by atoms with Crippen molar-refractivity contribution in [3.63, 3.8) is 0 Å². The molecule has 1 aromatic rings.